The molecule has 2 atom stereocenters. The highest BCUT2D eigenvalue weighted by Crippen LogP contribution is 2.10. The molecule has 3 N–H and O–H groups in total. The Morgan fingerprint density at radius 3 is 2.42 bits per heavy atom. The summed E-state index contributed by atoms with van der Waals surface area (Å²) in [5, 5.41) is 2.50. The standard InChI is InChI=1S/C6H12N2O3S/c1-4(9)8-6-3-12(10,11)2-5(6)7/h5-6H,2-3,7H2,1H3,(H,8,9)/t5-,6+/m0/s1. The van der Waals surface area contributed by atoms with Gasteiger partial charge in [-0.05, 0) is 0 Å². The smallest absolute Gasteiger partial charge is 0.217 e. The van der Waals surface area contributed by atoms with E-state index in [1.54, 1.807) is 0 Å². The molecule has 0 saturated carbocycles. The Hall–Kier alpha value is -0.620. The first-order valence-corrected chi connectivity index (χ1v) is 5.46. The van der Waals surface area contributed by atoms with Gasteiger partial charge in [0.2, 0.25) is 5.91 Å². The van der Waals surface area contributed by atoms with Crippen LogP contribution in [0.1, 0.15) is 6.92 Å². The lowest BCUT2D eigenvalue weighted by Gasteiger charge is -2.13. The summed E-state index contributed by atoms with van der Waals surface area (Å²) in [5.41, 5.74) is 5.51. The van der Waals surface area contributed by atoms with Crippen LogP contribution in [0.15, 0.2) is 0 Å². The Kier molecular flexibility index (Phi) is 2.39. The zero-order valence-corrected chi connectivity index (χ0v) is 7.60. The molecule has 0 radical (unpaired) electrons. The Balaban J connectivity index is 2.64. The van der Waals surface area contributed by atoms with Crippen LogP contribution in [-0.4, -0.2) is 37.9 Å². The van der Waals surface area contributed by atoms with Crippen molar-refractivity contribution < 1.29 is 13.2 Å². The highest BCUT2D eigenvalue weighted by molar-refractivity contribution is 7.91. The van der Waals surface area contributed by atoms with Crippen LogP contribution in [0.5, 0.6) is 0 Å². The van der Waals surface area contributed by atoms with E-state index in [1.807, 2.05) is 0 Å². The van der Waals surface area contributed by atoms with Gasteiger partial charge in [0.1, 0.15) is 0 Å². The van der Waals surface area contributed by atoms with Crippen molar-refractivity contribution in [2.75, 3.05) is 11.5 Å². The van der Waals surface area contributed by atoms with Gasteiger partial charge in [0.25, 0.3) is 0 Å². The maximum absolute atomic E-state index is 11.0. The van der Waals surface area contributed by atoms with Crippen LogP contribution in [0, 0.1) is 0 Å². The first-order chi connectivity index (χ1) is 5.41. The predicted molar refractivity (Wildman–Crippen MR) is 44.2 cm³/mol. The molecule has 0 spiro atoms. The summed E-state index contributed by atoms with van der Waals surface area (Å²) in [4.78, 5) is 10.6. The minimum Gasteiger partial charge on any atom is -0.351 e. The van der Waals surface area contributed by atoms with E-state index in [2.05, 4.69) is 5.32 Å². The molecule has 1 rings (SSSR count). The summed E-state index contributed by atoms with van der Waals surface area (Å²) in [6, 6.07) is -0.869. The van der Waals surface area contributed by atoms with Gasteiger partial charge < -0.3 is 11.1 Å². The second-order valence-electron chi connectivity index (χ2n) is 3.05. The Bertz CT molecular complexity index is 285. The minimum absolute atomic E-state index is 0.0298. The minimum atomic E-state index is -3.03. The molecule has 0 bridgehead atoms. The monoisotopic (exact) mass is 192 g/mol. The Morgan fingerprint density at radius 1 is 1.50 bits per heavy atom. The van der Waals surface area contributed by atoms with Gasteiger partial charge in [0.15, 0.2) is 9.84 Å². The molecule has 1 aliphatic rings. The number of carbonyl (C=O) groups excluding carboxylic acids is 1. The molecule has 1 aliphatic heterocycles. The fourth-order valence-electron chi connectivity index (χ4n) is 1.28. The van der Waals surface area contributed by atoms with E-state index < -0.39 is 21.9 Å². The summed E-state index contributed by atoms with van der Waals surface area (Å²) in [5.74, 6) is -0.307. The van der Waals surface area contributed by atoms with Crippen molar-refractivity contribution in [3.05, 3.63) is 0 Å². The third kappa shape index (κ3) is 2.18. The number of rotatable bonds is 1. The maximum atomic E-state index is 11.0. The molecule has 1 heterocycles. The van der Waals surface area contributed by atoms with Crippen molar-refractivity contribution in [1.29, 1.82) is 0 Å². The number of nitrogens with one attached hydrogen (secondary N) is 1. The van der Waals surface area contributed by atoms with E-state index >= 15 is 0 Å². The Morgan fingerprint density at radius 2 is 2.08 bits per heavy atom. The molecular weight excluding hydrogens is 180 g/mol. The molecule has 1 amide bonds. The Labute approximate surface area is 71.2 Å². The molecule has 1 saturated heterocycles. The van der Waals surface area contributed by atoms with E-state index in [0.717, 1.165) is 0 Å². The lowest BCUT2D eigenvalue weighted by Crippen LogP contribution is -2.45. The zero-order valence-electron chi connectivity index (χ0n) is 6.78. The van der Waals surface area contributed by atoms with E-state index in [9.17, 15) is 13.2 Å². The molecule has 70 valence electrons. The molecule has 0 unspecified atom stereocenters. The molecule has 0 aromatic carbocycles. The molecule has 0 aromatic rings. The van der Waals surface area contributed by atoms with E-state index in [4.69, 9.17) is 5.73 Å². The quantitative estimate of drug-likeness (QED) is 0.515. The van der Waals surface area contributed by atoms with Crippen molar-refractivity contribution in [2.45, 2.75) is 19.0 Å². The summed E-state index contributed by atoms with van der Waals surface area (Å²) in [6.07, 6.45) is 0. The van der Waals surface area contributed by atoms with E-state index in [-0.39, 0.29) is 17.4 Å². The number of hydrogen-bond acceptors (Lipinski definition) is 4. The number of carbonyl (C=O) groups is 1. The van der Waals surface area contributed by atoms with Gasteiger partial charge in [0, 0.05) is 13.0 Å². The van der Waals surface area contributed by atoms with Crippen molar-refractivity contribution in [3.63, 3.8) is 0 Å². The van der Waals surface area contributed by atoms with Crippen molar-refractivity contribution in [3.8, 4) is 0 Å². The van der Waals surface area contributed by atoms with Crippen LogP contribution in [0.4, 0.5) is 0 Å². The highest BCUT2D eigenvalue weighted by Gasteiger charge is 2.35. The summed E-state index contributed by atoms with van der Waals surface area (Å²) >= 11 is 0. The van der Waals surface area contributed by atoms with E-state index in [0.29, 0.717) is 0 Å². The lowest BCUT2D eigenvalue weighted by atomic mass is 10.2. The van der Waals surface area contributed by atoms with Crippen molar-refractivity contribution >= 4 is 15.7 Å². The predicted octanol–water partition coefficient (Wildman–Crippen LogP) is -1.75. The van der Waals surface area contributed by atoms with Gasteiger partial charge in [-0.3, -0.25) is 4.79 Å². The third-order valence-corrected chi connectivity index (χ3v) is 3.55. The molecular formula is C6H12N2O3S. The first-order valence-electron chi connectivity index (χ1n) is 3.64. The largest absolute Gasteiger partial charge is 0.351 e. The second kappa shape index (κ2) is 3.02. The molecule has 5 nitrogen and oxygen atoms in total. The summed E-state index contributed by atoms with van der Waals surface area (Å²) in [7, 11) is -3.03. The third-order valence-electron chi connectivity index (χ3n) is 1.79. The summed E-state index contributed by atoms with van der Waals surface area (Å²) < 4.78 is 22.0. The van der Waals surface area contributed by atoms with Gasteiger partial charge in [-0.25, -0.2) is 8.42 Å². The fraction of sp³-hybridized carbons (Fsp3) is 0.833. The first kappa shape index (κ1) is 9.47. The van der Waals surface area contributed by atoms with Crippen LogP contribution < -0.4 is 11.1 Å². The molecule has 1 fully saturated rings. The number of nitrogens with two attached hydrogens (primary N) is 1. The average Bonchev–Trinajstić information content (AvgIpc) is 2.03. The summed E-state index contributed by atoms with van der Waals surface area (Å²) in [6.45, 7) is 1.34. The van der Waals surface area contributed by atoms with Gasteiger partial charge in [-0.15, -0.1) is 0 Å². The lowest BCUT2D eigenvalue weighted by molar-refractivity contribution is -0.119. The van der Waals surface area contributed by atoms with E-state index in [1.165, 1.54) is 6.92 Å². The topological polar surface area (TPSA) is 89.3 Å². The van der Waals surface area contributed by atoms with Crippen LogP contribution in [-0.2, 0) is 14.6 Å². The van der Waals surface area contributed by atoms with Gasteiger partial charge in [-0.2, -0.15) is 0 Å². The number of amides is 1. The zero-order chi connectivity index (χ0) is 9.35. The SMILES string of the molecule is CC(=O)N[C@@H]1CS(=O)(=O)C[C@@H]1N. The highest BCUT2D eigenvalue weighted by atomic mass is 32.2. The maximum Gasteiger partial charge on any atom is 0.217 e. The van der Waals surface area contributed by atoms with Crippen LogP contribution in [0.2, 0.25) is 0 Å². The fourth-order valence-corrected chi connectivity index (χ4v) is 3.12. The van der Waals surface area contributed by atoms with Gasteiger partial charge in [-0.1, -0.05) is 0 Å². The van der Waals surface area contributed by atoms with Gasteiger partial charge in [0.05, 0.1) is 17.5 Å². The molecule has 12 heavy (non-hydrogen) atoms. The van der Waals surface area contributed by atoms with Crippen LogP contribution in [0.25, 0.3) is 0 Å². The van der Waals surface area contributed by atoms with Gasteiger partial charge >= 0.3 is 0 Å². The normalized spacial score (nSPS) is 33.2. The van der Waals surface area contributed by atoms with Crippen LogP contribution >= 0.6 is 0 Å². The molecule has 0 aromatic heterocycles. The van der Waals surface area contributed by atoms with Crippen LogP contribution in [0.3, 0.4) is 0 Å². The molecule has 0 aliphatic carbocycles. The molecule has 6 heteroatoms. The number of sulfone groups is 1. The van der Waals surface area contributed by atoms with Crippen molar-refractivity contribution in [2.24, 2.45) is 5.73 Å². The second-order valence-corrected chi connectivity index (χ2v) is 5.20. The average molecular weight is 192 g/mol. The number of hydrogen-bond donors (Lipinski definition) is 2. The van der Waals surface area contributed by atoms with Crippen molar-refractivity contribution in [1.82, 2.24) is 5.32 Å².